The number of thiophene rings is 1. The molecule has 3 N–H and O–H groups in total. The van der Waals surface area contributed by atoms with Crippen LogP contribution in [-0.2, 0) is 16.6 Å². The van der Waals surface area contributed by atoms with E-state index in [1.807, 2.05) is 35.0 Å². The largest absolute Gasteiger partial charge is 0.289 e. The van der Waals surface area contributed by atoms with Crippen LogP contribution in [0.4, 0.5) is 0 Å². The predicted molar refractivity (Wildman–Crippen MR) is 127 cm³/mol. The highest BCUT2D eigenvalue weighted by molar-refractivity contribution is 7.89. The number of carbonyl (C=O) groups is 2. The Bertz CT molecular complexity index is 1370. The van der Waals surface area contributed by atoms with Gasteiger partial charge in [-0.05, 0) is 35.2 Å². The molecule has 2 amide bonds. The second-order valence-corrected chi connectivity index (χ2v) is 10.2. The quantitative estimate of drug-likeness (QED) is 0.338. The summed E-state index contributed by atoms with van der Waals surface area (Å²) in [5, 5.41) is 6.15. The minimum Gasteiger partial charge on any atom is -0.267 e. The van der Waals surface area contributed by atoms with E-state index in [0.29, 0.717) is 5.01 Å². The van der Waals surface area contributed by atoms with Crippen LogP contribution in [0.25, 0.3) is 10.6 Å². The van der Waals surface area contributed by atoms with Gasteiger partial charge in [-0.2, -0.15) is 11.3 Å². The Morgan fingerprint density at radius 2 is 1.70 bits per heavy atom. The Balaban J connectivity index is 1.37. The molecule has 33 heavy (non-hydrogen) atoms. The molecule has 4 aromatic rings. The fourth-order valence-corrected chi connectivity index (χ4v) is 5.38. The molecule has 0 aliphatic heterocycles. The lowest BCUT2D eigenvalue weighted by atomic mass is 10.2. The van der Waals surface area contributed by atoms with Gasteiger partial charge in [0.25, 0.3) is 11.8 Å². The third kappa shape index (κ3) is 5.71. The number of hydrazine groups is 1. The molecule has 2 aromatic heterocycles. The van der Waals surface area contributed by atoms with Crippen molar-refractivity contribution in [2.75, 3.05) is 0 Å². The number of rotatable bonds is 7. The number of nitrogens with one attached hydrogen (secondary N) is 3. The van der Waals surface area contributed by atoms with E-state index in [2.05, 4.69) is 20.6 Å². The fourth-order valence-electron chi connectivity index (χ4n) is 2.81. The van der Waals surface area contributed by atoms with Crippen LogP contribution in [0.2, 0.25) is 0 Å². The zero-order valence-electron chi connectivity index (χ0n) is 17.0. The van der Waals surface area contributed by atoms with E-state index in [0.717, 1.165) is 11.1 Å². The predicted octanol–water partition coefficient (Wildman–Crippen LogP) is 3.42. The lowest BCUT2D eigenvalue weighted by molar-refractivity contribution is 0.0844. The molecule has 2 aromatic carbocycles. The first-order valence-electron chi connectivity index (χ1n) is 9.65. The van der Waals surface area contributed by atoms with Gasteiger partial charge in [-0.3, -0.25) is 20.4 Å². The maximum absolute atomic E-state index is 12.6. The Morgan fingerprint density at radius 3 is 2.45 bits per heavy atom. The van der Waals surface area contributed by atoms with Gasteiger partial charge in [0.1, 0.15) is 10.7 Å². The first-order chi connectivity index (χ1) is 15.9. The number of benzene rings is 2. The molecule has 0 saturated heterocycles. The highest BCUT2D eigenvalue weighted by atomic mass is 32.2. The zero-order valence-corrected chi connectivity index (χ0v) is 19.5. The second kappa shape index (κ2) is 10.0. The lowest BCUT2D eigenvalue weighted by Gasteiger charge is -2.09. The molecule has 0 aliphatic carbocycles. The molecule has 0 saturated carbocycles. The number of sulfonamides is 1. The van der Waals surface area contributed by atoms with Crippen LogP contribution in [-0.4, -0.2) is 25.2 Å². The van der Waals surface area contributed by atoms with Gasteiger partial charge in [0.05, 0.1) is 4.90 Å². The van der Waals surface area contributed by atoms with Crippen molar-refractivity contribution in [1.82, 2.24) is 20.6 Å². The van der Waals surface area contributed by atoms with Crippen molar-refractivity contribution in [2.24, 2.45) is 0 Å². The molecule has 0 aliphatic rings. The average Bonchev–Trinajstić information content (AvgIpc) is 3.54. The van der Waals surface area contributed by atoms with Crippen LogP contribution in [0.1, 0.15) is 26.4 Å². The molecule has 0 spiro atoms. The van der Waals surface area contributed by atoms with Crippen LogP contribution >= 0.6 is 22.7 Å². The molecular formula is C22H18N4O4S3. The summed E-state index contributed by atoms with van der Waals surface area (Å²) in [5.41, 5.74) is 6.57. The number of nitrogens with zero attached hydrogens (tertiary/aromatic N) is 1. The van der Waals surface area contributed by atoms with E-state index in [9.17, 15) is 18.0 Å². The standard InChI is InChI=1S/C22H18N4O4S3/c27-20(25-26-21(28)19-14-32-22(24-19)17-9-10-31-13-17)16-7-4-8-18(11-16)33(29,30)23-12-15-5-2-1-3-6-15/h1-11,13-14,23H,12H2,(H,25,27)(H,26,28). The summed E-state index contributed by atoms with van der Waals surface area (Å²) >= 11 is 2.85. The lowest BCUT2D eigenvalue weighted by Crippen LogP contribution is -2.41. The maximum atomic E-state index is 12.6. The molecule has 4 rings (SSSR count). The molecule has 2 heterocycles. The molecule has 11 heteroatoms. The summed E-state index contributed by atoms with van der Waals surface area (Å²) in [5.74, 6) is -1.23. The van der Waals surface area contributed by atoms with Gasteiger partial charge < -0.3 is 0 Å². The molecule has 8 nitrogen and oxygen atoms in total. The summed E-state index contributed by atoms with van der Waals surface area (Å²) in [6.07, 6.45) is 0. The molecule has 0 unspecified atom stereocenters. The van der Waals surface area contributed by atoms with Crippen molar-refractivity contribution in [3.05, 3.63) is 93.6 Å². The van der Waals surface area contributed by atoms with Crippen LogP contribution in [0, 0.1) is 0 Å². The van der Waals surface area contributed by atoms with E-state index in [1.165, 1.54) is 46.9 Å². The Morgan fingerprint density at radius 1 is 0.909 bits per heavy atom. The zero-order chi connectivity index (χ0) is 23.3. The van der Waals surface area contributed by atoms with E-state index in [4.69, 9.17) is 0 Å². The van der Waals surface area contributed by atoms with Crippen molar-refractivity contribution in [3.63, 3.8) is 0 Å². The molecular weight excluding hydrogens is 480 g/mol. The summed E-state index contributed by atoms with van der Waals surface area (Å²) in [4.78, 5) is 29.0. The maximum Gasteiger partial charge on any atom is 0.289 e. The van der Waals surface area contributed by atoms with Crippen molar-refractivity contribution in [3.8, 4) is 10.6 Å². The number of amides is 2. The SMILES string of the molecule is O=C(NNC(=O)c1csc(-c2ccsc2)n1)c1cccc(S(=O)(=O)NCc2ccccc2)c1. The number of thiazole rings is 1. The van der Waals surface area contributed by atoms with Crippen LogP contribution in [0.5, 0.6) is 0 Å². The average molecular weight is 499 g/mol. The molecule has 0 fully saturated rings. The van der Waals surface area contributed by atoms with Gasteiger partial charge in [0.15, 0.2) is 0 Å². The number of hydrogen-bond acceptors (Lipinski definition) is 7. The van der Waals surface area contributed by atoms with E-state index in [1.54, 1.807) is 17.5 Å². The van der Waals surface area contributed by atoms with Crippen molar-refractivity contribution >= 4 is 44.5 Å². The topological polar surface area (TPSA) is 117 Å². The highest BCUT2D eigenvalue weighted by Crippen LogP contribution is 2.25. The van der Waals surface area contributed by atoms with Crippen LogP contribution < -0.4 is 15.6 Å². The van der Waals surface area contributed by atoms with Gasteiger partial charge in [-0.15, -0.1) is 11.3 Å². The van der Waals surface area contributed by atoms with Gasteiger partial charge in [0.2, 0.25) is 10.0 Å². The van der Waals surface area contributed by atoms with Gasteiger partial charge in [-0.25, -0.2) is 18.1 Å². The first-order valence-corrected chi connectivity index (χ1v) is 13.0. The third-order valence-electron chi connectivity index (χ3n) is 4.51. The molecule has 0 radical (unpaired) electrons. The monoisotopic (exact) mass is 498 g/mol. The van der Waals surface area contributed by atoms with Crippen LogP contribution in [0.15, 0.2) is 81.7 Å². The van der Waals surface area contributed by atoms with Crippen molar-refractivity contribution < 1.29 is 18.0 Å². The van der Waals surface area contributed by atoms with Gasteiger partial charge >= 0.3 is 0 Å². The number of hydrogen-bond donors (Lipinski definition) is 3. The molecule has 168 valence electrons. The Kier molecular flexibility index (Phi) is 6.94. The summed E-state index contributed by atoms with van der Waals surface area (Å²) < 4.78 is 27.7. The second-order valence-electron chi connectivity index (χ2n) is 6.80. The fraction of sp³-hybridized carbons (Fsp3) is 0.0455. The van der Waals surface area contributed by atoms with E-state index in [-0.39, 0.29) is 22.7 Å². The normalized spacial score (nSPS) is 11.2. The minimum atomic E-state index is -3.83. The van der Waals surface area contributed by atoms with E-state index >= 15 is 0 Å². The smallest absolute Gasteiger partial charge is 0.267 e. The molecule has 0 bridgehead atoms. The summed E-state index contributed by atoms with van der Waals surface area (Å²) in [7, 11) is -3.83. The first kappa shape index (κ1) is 22.8. The minimum absolute atomic E-state index is 0.0580. The van der Waals surface area contributed by atoms with Gasteiger partial charge in [0, 0.05) is 28.4 Å². The third-order valence-corrected chi connectivity index (χ3v) is 7.48. The summed E-state index contributed by atoms with van der Waals surface area (Å²) in [6, 6.07) is 16.5. The Hall–Kier alpha value is -3.38. The molecule has 0 atom stereocenters. The number of aromatic nitrogens is 1. The van der Waals surface area contributed by atoms with Crippen molar-refractivity contribution in [2.45, 2.75) is 11.4 Å². The van der Waals surface area contributed by atoms with Crippen LogP contribution in [0.3, 0.4) is 0 Å². The summed E-state index contributed by atoms with van der Waals surface area (Å²) in [6.45, 7) is 0.122. The Labute approximate surface area is 198 Å². The highest BCUT2D eigenvalue weighted by Gasteiger charge is 2.17. The number of carbonyl (C=O) groups excluding carboxylic acids is 2. The van der Waals surface area contributed by atoms with Crippen molar-refractivity contribution in [1.29, 1.82) is 0 Å². The van der Waals surface area contributed by atoms with Gasteiger partial charge in [-0.1, -0.05) is 36.4 Å². The van der Waals surface area contributed by atoms with E-state index < -0.39 is 21.8 Å².